The maximum absolute atomic E-state index is 11.8. The van der Waals surface area contributed by atoms with Gasteiger partial charge in [0.05, 0.1) is 22.2 Å². The molecule has 1 aromatic rings. The number of hydrogen-bond donors (Lipinski definition) is 2. The first-order valence-corrected chi connectivity index (χ1v) is 6.87. The molecule has 0 aliphatic heterocycles. The van der Waals surface area contributed by atoms with Crippen LogP contribution in [0.2, 0.25) is 10.0 Å². The summed E-state index contributed by atoms with van der Waals surface area (Å²) in [7, 11) is 0. The third-order valence-electron chi connectivity index (χ3n) is 3.40. The van der Waals surface area contributed by atoms with E-state index in [1.54, 1.807) is 24.3 Å². The number of carbonyl (C=O) groups is 1. The summed E-state index contributed by atoms with van der Waals surface area (Å²) in [6.07, 6.45) is 5.70. The molecule has 3 nitrogen and oxygen atoms in total. The van der Waals surface area contributed by atoms with Gasteiger partial charge in [-0.05, 0) is 37.0 Å². The molecule has 2 N–H and O–H groups in total. The van der Waals surface area contributed by atoms with Crippen LogP contribution in [0.1, 0.15) is 24.8 Å². The minimum atomic E-state index is -0.431. The third-order valence-corrected chi connectivity index (χ3v) is 4.23. The Labute approximate surface area is 122 Å². The Morgan fingerprint density at radius 3 is 2.74 bits per heavy atom. The summed E-state index contributed by atoms with van der Waals surface area (Å²) >= 11 is 11.9. The van der Waals surface area contributed by atoms with E-state index in [0.717, 1.165) is 19.3 Å². The zero-order chi connectivity index (χ0) is 13.9. The van der Waals surface area contributed by atoms with E-state index >= 15 is 0 Å². The van der Waals surface area contributed by atoms with Crippen molar-refractivity contribution >= 4 is 35.2 Å². The van der Waals surface area contributed by atoms with Gasteiger partial charge >= 0.3 is 0 Å². The lowest BCUT2D eigenvalue weighted by molar-refractivity contribution is -0.120. The average molecular weight is 300 g/mol. The quantitative estimate of drug-likeness (QED) is 0.840. The molecule has 1 saturated carbocycles. The van der Waals surface area contributed by atoms with Crippen LogP contribution in [-0.2, 0) is 4.79 Å². The van der Waals surface area contributed by atoms with Crippen molar-refractivity contribution in [2.24, 2.45) is 0 Å². The number of carbonyl (C=O) groups excluding carboxylic acids is 1. The molecule has 5 heteroatoms. The number of rotatable bonds is 4. The fourth-order valence-electron chi connectivity index (χ4n) is 2.04. The second-order valence-electron chi connectivity index (χ2n) is 4.76. The zero-order valence-corrected chi connectivity index (χ0v) is 11.8. The van der Waals surface area contributed by atoms with Gasteiger partial charge in [0.2, 0.25) is 5.91 Å². The van der Waals surface area contributed by atoms with Gasteiger partial charge in [0.25, 0.3) is 0 Å². The van der Waals surface area contributed by atoms with Crippen molar-refractivity contribution in [1.29, 1.82) is 0 Å². The smallest absolute Gasteiger partial charge is 0.244 e. The van der Waals surface area contributed by atoms with E-state index in [1.165, 1.54) is 6.08 Å². The molecule has 1 fully saturated rings. The summed E-state index contributed by atoms with van der Waals surface area (Å²) in [4.78, 5) is 11.8. The number of benzene rings is 1. The topological polar surface area (TPSA) is 49.3 Å². The van der Waals surface area contributed by atoms with Crippen LogP contribution in [0.15, 0.2) is 24.3 Å². The standard InChI is InChI=1S/C14H15Cl2NO2/c15-11-4-1-3-10(13(11)16)5-6-12(19)17-14(9-18)7-2-8-14/h1,3-6,18H,2,7-9H2,(H,17,19)/b6-5+. The van der Waals surface area contributed by atoms with E-state index in [0.29, 0.717) is 15.6 Å². The van der Waals surface area contributed by atoms with Crippen LogP contribution < -0.4 is 5.32 Å². The summed E-state index contributed by atoms with van der Waals surface area (Å²) < 4.78 is 0. The van der Waals surface area contributed by atoms with Gasteiger partial charge < -0.3 is 10.4 Å². The highest BCUT2D eigenvalue weighted by Gasteiger charge is 2.37. The molecule has 0 bridgehead atoms. The SMILES string of the molecule is O=C(/C=C/c1cccc(Cl)c1Cl)NC1(CO)CCC1. The summed E-state index contributed by atoms with van der Waals surface area (Å²) in [6.45, 7) is -0.0233. The molecule has 0 radical (unpaired) electrons. The highest BCUT2D eigenvalue weighted by molar-refractivity contribution is 6.42. The van der Waals surface area contributed by atoms with Crippen molar-refractivity contribution in [3.05, 3.63) is 39.9 Å². The van der Waals surface area contributed by atoms with Crippen LogP contribution in [0, 0.1) is 0 Å². The molecule has 0 heterocycles. The van der Waals surface area contributed by atoms with Crippen molar-refractivity contribution in [2.75, 3.05) is 6.61 Å². The molecular weight excluding hydrogens is 285 g/mol. The van der Waals surface area contributed by atoms with Crippen LogP contribution >= 0.6 is 23.2 Å². The van der Waals surface area contributed by atoms with Crippen molar-refractivity contribution in [2.45, 2.75) is 24.8 Å². The average Bonchev–Trinajstić information content (AvgIpc) is 2.36. The normalized spacial score (nSPS) is 17.2. The fourth-order valence-corrected chi connectivity index (χ4v) is 2.41. The number of nitrogens with one attached hydrogen (secondary N) is 1. The zero-order valence-electron chi connectivity index (χ0n) is 10.3. The lowest BCUT2D eigenvalue weighted by atomic mass is 9.77. The number of amides is 1. The number of aliphatic hydroxyl groups excluding tert-OH is 1. The predicted molar refractivity (Wildman–Crippen MR) is 77.3 cm³/mol. The van der Waals surface area contributed by atoms with Gasteiger partial charge in [-0.25, -0.2) is 0 Å². The van der Waals surface area contributed by atoms with Gasteiger partial charge in [0.15, 0.2) is 0 Å². The number of aliphatic hydroxyl groups is 1. The Morgan fingerprint density at radius 2 is 2.16 bits per heavy atom. The van der Waals surface area contributed by atoms with Crippen LogP contribution in [-0.4, -0.2) is 23.2 Å². The first-order chi connectivity index (χ1) is 9.06. The predicted octanol–water partition coefficient (Wildman–Crippen LogP) is 3.04. The second kappa shape index (κ2) is 5.95. The lowest BCUT2D eigenvalue weighted by Crippen LogP contribution is -2.55. The van der Waals surface area contributed by atoms with Gasteiger partial charge in [-0.3, -0.25) is 4.79 Å². The molecule has 0 spiro atoms. The second-order valence-corrected chi connectivity index (χ2v) is 5.54. The van der Waals surface area contributed by atoms with Crippen LogP contribution in [0.5, 0.6) is 0 Å². The van der Waals surface area contributed by atoms with Crippen molar-refractivity contribution in [3.8, 4) is 0 Å². The molecule has 0 atom stereocenters. The minimum Gasteiger partial charge on any atom is -0.394 e. The first kappa shape index (κ1) is 14.4. The molecule has 0 aromatic heterocycles. The molecule has 2 rings (SSSR count). The highest BCUT2D eigenvalue weighted by Crippen LogP contribution is 2.31. The van der Waals surface area contributed by atoms with Gasteiger partial charge in [0, 0.05) is 6.08 Å². The summed E-state index contributed by atoms with van der Waals surface area (Å²) in [6, 6.07) is 5.24. The van der Waals surface area contributed by atoms with E-state index in [4.69, 9.17) is 23.2 Å². The van der Waals surface area contributed by atoms with Crippen molar-refractivity contribution in [3.63, 3.8) is 0 Å². The molecule has 1 amide bonds. The maximum Gasteiger partial charge on any atom is 0.244 e. The minimum absolute atomic E-state index is 0.0233. The lowest BCUT2D eigenvalue weighted by Gasteiger charge is -2.40. The van der Waals surface area contributed by atoms with Crippen LogP contribution in [0.3, 0.4) is 0 Å². The molecular formula is C14H15Cl2NO2. The highest BCUT2D eigenvalue weighted by atomic mass is 35.5. The molecule has 1 aromatic carbocycles. The number of halogens is 2. The number of hydrogen-bond acceptors (Lipinski definition) is 2. The largest absolute Gasteiger partial charge is 0.394 e. The maximum atomic E-state index is 11.8. The van der Waals surface area contributed by atoms with Gasteiger partial charge in [-0.1, -0.05) is 35.3 Å². The molecule has 1 aliphatic carbocycles. The monoisotopic (exact) mass is 299 g/mol. The summed E-state index contributed by atoms with van der Waals surface area (Å²) in [5, 5.41) is 13.0. The van der Waals surface area contributed by atoms with E-state index in [-0.39, 0.29) is 12.5 Å². The summed E-state index contributed by atoms with van der Waals surface area (Å²) in [5.74, 6) is -0.232. The van der Waals surface area contributed by atoms with Crippen molar-refractivity contribution < 1.29 is 9.90 Å². The van der Waals surface area contributed by atoms with E-state index < -0.39 is 5.54 Å². The van der Waals surface area contributed by atoms with E-state index in [2.05, 4.69) is 5.32 Å². The Hall–Kier alpha value is -1.03. The molecule has 19 heavy (non-hydrogen) atoms. The van der Waals surface area contributed by atoms with Crippen LogP contribution in [0.4, 0.5) is 0 Å². The Bertz CT molecular complexity index is 505. The fraction of sp³-hybridized carbons (Fsp3) is 0.357. The first-order valence-electron chi connectivity index (χ1n) is 6.11. The van der Waals surface area contributed by atoms with Crippen molar-refractivity contribution in [1.82, 2.24) is 5.32 Å². The van der Waals surface area contributed by atoms with Gasteiger partial charge in [-0.15, -0.1) is 0 Å². The Balaban J connectivity index is 2.02. The van der Waals surface area contributed by atoms with Gasteiger partial charge in [-0.2, -0.15) is 0 Å². The Morgan fingerprint density at radius 1 is 1.42 bits per heavy atom. The molecule has 0 unspecified atom stereocenters. The Kier molecular flexibility index (Phi) is 4.50. The summed E-state index contributed by atoms with van der Waals surface area (Å²) in [5.41, 5.74) is 0.260. The van der Waals surface area contributed by atoms with Gasteiger partial charge in [0.1, 0.15) is 0 Å². The van der Waals surface area contributed by atoms with E-state index in [1.807, 2.05) is 0 Å². The molecule has 102 valence electrons. The van der Waals surface area contributed by atoms with E-state index in [9.17, 15) is 9.90 Å². The van der Waals surface area contributed by atoms with Crippen LogP contribution in [0.25, 0.3) is 6.08 Å². The third kappa shape index (κ3) is 3.30. The molecule has 0 saturated heterocycles. The molecule has 1 aliphatic rings.